The highest BCUT2D eigenvalue weighted by Crippen LogP contribution is 2.30. The van der Waals surface area contributed by atoms with Crippen LogP contribution in [0.25, 0.3) is 0 Å². The Balaban J connectivity index is 2.09. The van der Waals surface area contributed by atoms with E-state index >= 15 is 0 Å². The first-order valence-corrected chi connectivity index (χ1v) is 8.39. The number of carbonyl (C=O) groups is 2. The van der Waals surface area contributed by atoms with Crippen LogP contribution in [0.1, 0.15) is 42.3 Å². The fraction of sp³-hybridized carbons (Fsp3) is 0.300. The lowest BCUT2D eigenvalue weighted by molar-refractivity contribution is 0.0667. The number of rotatable bonds is 7. The van der Waals surface area contributed by atoms with Crippen LogP contribution >= 0.6 is 0 Å². The first-order chi connectivity index (χ1) is 12.4. The molecule has 0 heterocycles. The van der Waals surface area contributed by atoms with Crippen LogP contribution in [0, 0.1) is 5.92 Å². The molecule has 0 aliphatic heterocycles. The van der Waals surface area contributed by atoms with E-state index in [0.717, 1.165) is 5.56 Å². The second-order valence-electron chi connectivity index (χ2n) is 6.17. The Bertz CT molecular complexity index is 740. The van der Waals surface area contributed by atoms with Gasteiger partial charge >= 0.3 is 6.09 Å². The van der Waals surface area contributed by atoms with E-state index in [1.165, 1.54) is 19.1 Å². The summed E-state index contributed by atoms with van der Waals surface area (Å²) >= 11 is 0. The van der Waals surface area contributed by atoms with Gasteiger partial charge in [-0.2, -0.15) is 0 Å². The minimum absolute atomic E-state index is 0.0206. The molecule has 0 spiro atoms. The maximum atomic E-state index is 12.3. The summed E-state index contributed by atoms with van der Waals surface area (Å²) in [4.78, 5) is 23.6. The monoisotopic (exact) mass is 357 g/mol. The molecule has 0 aliphatic carbocycles. The zero-order chi connectivity index (χ0) is 19.1. The molecule has 0 saturated heterocycles. The molecule has 0 aromatic heterocycles. The van der Waals surface area contributed by atoms with Gasteiger partial charge in [-0.05, 0) is 61.2 Å². The van der Waals surface area contributed by atoms with Gasteiger partial charge in [-0.1, -0.05) is 19.1 Å². The quantitative estimate of drug-likeness (QED) is 0.653. The molecule has 26 heavy (non-hydrogen) atoms. The molecule has 2 rings (SSSR count). The number of nitrogens with one attached hydrogen (secondary N) is 1. The van der Waals surface area contributed by atoms with Crippen molar-refractivity contribution in [1.29, 1.82) is 0 Å². The fourth-order valence-corrected chi connectivity index (χ4v) is 2.58. The van der Waals surface area contributed by atoms with E-state index in [-0.39, 0.29) is 24.1 Å². The van der Waals surface area contributed by atoms with E-state index in [2.05, 4.69) is 5.32 Å². The maximum absolute atomic E-state index is 12.3. The number of hydrogen-bond donors (Lipinski definition) is 3. The number of carbonyl (C=O) groups excluding carboxylic acids is 2. The van der Waals surface area contributed by atoms with E-state index in [9.17, 15) is 19.8 Å². The standard InChI is InChI=1S/C20H23NO5/c1-13(11-12-22)19(16-5-9-18(24)10-6-16)26-20(25)21-17-7-3-15(4-8-17)14(2)23/h3-10,13,19,22,24H,11-12H2,1-2H3,(H,21,25)/t13-,19-/m1/s1. The first kappa shape index (κ1) is 19.5. The number of ketones is 1. The zero-order valence-electron chi connectivity index (χ0n) is 14.8. The molecule has 3 N–H and O–H groups in total. The Hall–Kier alpha value is -2.86. The number of phenols is 1. The number of aromatic hydroxyl groups is 1. The number of Topliss-reactive ketones (excluding diaryl/α,β-unsaturated/α-hetero) is 1. The van der Waals surface area contributed by atoms with Crippen LogP contribution in [-0.2, 0) is 4.74 Å². The van der Waals surface area contributed by atoms with Crippen LogP contribution in [0.5, 0.6) is 5.75 Å². The lowest BCUT2D eigenvalue weighted by Crippen LogP contribution is -2.22. The molecule has 0 saturated carbocycles. The van der Waals surface area contributed by atoms with Crippen LogP contribution in [-0.4, -0.2) is 28.7 Å². The molecular weight excluding hydrogens is 334 g/mol. The Labute approximate surface area is 152 Å². The summed E-state index contributed by atoms with van der Waals surface area (Å²) in [6.45, 7) is 3.33. The van der Waals surface area contributed by atoms with Gasteiger partial charge in [0.2, 0.25) is 0 Å². The number of phenolic OH excluding ortho intramolecular Hbond substituents is 1. The van der Waals surface area contributed by atoms with Crippen LogP contribution < -0.4 is 5.32 Å². The summed E-state index contributed by atoms with van der Waals surface area (Å²) in [5.41, 5.74) is 1.80. The lowest BCUT2D eigenvalue weighted by Gasteiger charge is -2.24. The number of anilines is 1. The minimum Gasteiger partial charge on any atom is -0.508 e. The van der Waals surface area contributed by atoms with Gasteiger partial charge in [0.1, 0.15) is 11.9 Å². The number of aliphatic hydroxyl groups excluding tert-OH is 1. The SMILES string of the molecule is CC(=O)c1ccc(NC(=O)O[C@@H](c2ccc(O)cc2)[C@H](C)CCO)cc1. The lowest BCUT2D eigenvalue weighted by atomic mass is 9.94. The molecule has 6 heteroatoms. The van der Waals surface area contributed by atoms with E-state index in [1.54, 1.807) is 36.4 Å². The Morgan fingerprint density at radius 2 is 1.69 bits per heavy atom. The third kappa shape index (κ3) is 5.32. The van der Waals surface area contributed by atoms with Crippen molar-refractivity contribution in [1.82, 2.24) is 0 Å². The summed E-state index contributed by atoms with van der Waals surface area (Å²) in [6.07, 6.45) is -0.741. The third-order valence-electron chi connectivity index (χ3n) is 4.09. The van der Waals surface area contributed by atoms with Crippen LogP contribution in [0.15, 0.2) is 48.5 Å². The van der Waals surface area contributed by atoms with Gasteiger partial charge in [0.05, 0.1) is 0 Å². The molecule has 0 radical (unpaired) electrons. The Morgan fingerprint density at radius 1 is 1.08 bits per heavy atom. The highest BCUT2D eigenvalue weighted by molar-refractivity contribution is 5.94. The van der Waals surface area contributed by atoms with Crippen molar-refractivity contribution in [2.75, 3.05) is 11.9 Å². The van der Waals surface area contributed by atoms with Gasteiger partial charge in [-0.15, -0.1) is 0 Å². The van der Waals surface area contributed by atoms with Crippen molar-refractivity contribution in [3.05, 3.63) is 59.7 Å². The Kier molecular flexibility index (Phi) is 6.74. The van der Waals surface area contributed by atoms with Gasteiger partial charge in [-0.25, -0.2) is 4.79 Å². The van der Waals surface area contributed by atoms with Crippen molar-refractivity contribution in [2.24, 2.45) is 5.92 Å². The number of amides is 1. The summed E-state index contributed by atoms with van der Waals surface area (Å²) < 4.78 is 5.56. The molecule has 2 atom stereocenters. The first-order valence-electron chi connectivity index (χ1n) is 8.39. The van der Waals surface area contributed by atoms with E-state index in [1.807, 2.05) is 6.92 Å². The van der Waals surface area contributed by atoms with Crippen LogP contribution in [0.4, 0.5) is 10.5 Å². The number of ether oxygens (including phenoxy) is 1. The molecule has 1 amide bonds. The number of benzene rings is 2. The smallest absolute Gasteiger partial charge is 0.412 e. The highest BCUT2D eigenvalue weighted by atomic mass is 16.6. The van der Waals surface area contributed by atoms with E-state index in [0.29, 0.717) is 17.7 Å². The van der Waals surface area contributed by atoms with Crippen LogP contribution in [0.3, 0.4) is 0 Å². The molecule has 0 aliphatic rings. The summed E-state index contributed by atoms with van der Waals surface area (Å²) in [7, 11) is 0. The second kappa shape index (κ2) is 9.01. The largest absolute Gasteiger partial charge is 0.508 e. The summed E-state index contributed by atoms with van der Waals surface area (Å²) in [5, 5.41) is 21.3. The molecule has 2 aromatic carbocycles. The predicted octanol–water partition coefficient (Wildman–Crippen LogP) is 3.90. The van der Waals surface area contributed by atoms with E-state index < -0.39 is 12.2 Å². The van der Waals surface area contributed by atoms with Crippen molar-refractivity contribution in [3.8, 4) is 5.75 Å². The van der Waals surface area contributed by atoms with Crippen LogP contribution in [0.2, 0.25) is 0 Å². The summed E-state index contributed by atoms with van der Waals surface area (Å²) in [5.74, 6) is -0.0444. The van der Waals surface area contributed by atoms with Crippen molar-refractivity contribution in [2.45, 2.75) is 26.4 Å². The molecule has 6 nitrogen and oxygen atoms in total. The third-order valence-corrected chi connectivity index (χ3v) is 4.09. The molecule has 0 unspecified atom stereocenters. The molecular formula is C20H23NO5. The van der Waals surface area contributed by atoms with Crippen molar-refractivity contribution in [3.63, 3.8) is 0 Å². The average Bonchev–Trinajstić information content (AvgIpc) is 2.61. The predicted molar refractivity (Wildman–Crippen MR) is 98.3 cm³/mol. The highest BCUT2D eigenvalue weighted by Gasteiger charge is 2.23. The minimum atomic E-state index is -0.636. The average molecular weight is 357 g/mol. The van der Waals surface area contributed by atoms with Gasteiger partial charge in [-0.3, -0.25) is 10.1 Å². The van der Waals surface area contributed by atoms with Gasteiger partial charge < -0.3 is 14.9 Å². The molecule has 0 fully saturated rings. The van der Waals surface area contributed by atoms with Crippen molar-refractivity contribution >= 4 is 17.6 Å². The number of aliphatic hydroxyl groups is 1. The van der Waals surface area contributed by atoms with Gasteiger partial charge in [0, 0.05) is 17.9 Å². The maximum Gasteiger partial charge on any atom is 0.412 e. The molecule has 0 bridgehead atoms. The van der Waals surface area contributed by atoms with Gasteiger partial charge in [0.25, 0.3) is 0 Å². The number of hydrogen-bond acceptors (Lipinski definition) is 5. The molecule has 138 valence electrons. The van der Waals surface area contributed by atoms with E-state index in [4.69, 9.17) is 4.74 Å². The molecule has 2 aromatic rings. The zero-order valence-corrected chi connectivity index (χ0v) is 14.8. The van der Waals surface area contributed by atoms with Crippen molar-refractivity contribution < 1.29 is 24.5 Å². The fourth-order valence-electron chi connectivity index (χ4n) is 2.58. The topological polar surface area (TPSA) is 95.9 Å². The second-order valence-corrected chi connectivity index (χ2v) is 6.17. The van der Waals surface area contributed by atoms with Gasteiger partial charge in [0.15, 0.2) is 5.78 Å². The summed E-state index contributed by atoms with van der Waals surface area (Å²) in [6, 6.07) is 12.9. The Morgan fingerprint density at radius 3 is 2.23 bits per heavy atom. The normalized spacial score (nSPS) is 12.9.